The summed E-state index contributed by atoms with van der Waals surface area (Å²) in [5, 5.41) is 2.73. The van der Waals surface area contributed by atoms with E-state index in [2.05, 4.69) is 27.1 Å². The number of rotatable bonds is 2. The van der Waals surface area contributed by atoms with E-state index in [0.717, 1.165) is 16.8 Å². The summed E-state index contributed by atoms with van der Waals surface area (Å²) in [6.07, 6.45) is 1.55. The van der Waals surface area contributed by atoms with E-state index in [9.17, 15) is 4.79 Å². The SMILES string of the molecule is Cc1cc(C)nc(NC(=O)c2ccc(C#CCN)cn2)c1. The van der Waals surface area contributed by atoms with Crippen molar-refractivity contribution < 1.29 is 4.79 Å². The minimum absolute atomic E-state index is 0.292. The van der Waals surface area contributed by atoms with Crippen LogP contribution in [0.2, 0.25) is 0 Å². The second-order valence-electron chi connectivity index (χ2n) is 4.56. The van der Waals surface area contributed by atoms with Crippen LogP contribution < -0.4 is 11.1 Å². The zero-order chi connectivity index (χ0) is 15.2. The monoisotopic (exact) mass is 280 g/mol. The molecule has 106 valence electrons. The van der Waals surface area contributed by atoms with Crippen molar-refractivity contribution >= 4 is 11.7 Å². The van der Waals surface area contributed by atoms with Crippen molar-refractivity contribution in [3.63, 3.8) is 0 Å². The standard InChI is InChI=1S/C16H16N4O/c1-11-8-12(2)19-15(9-11)20-16(21)14-6-5-13(10-18-14)4-3-7-17/h5-6,8-10H,7,17H2,1-2H3,(H,19,20,21). The fourth-order valence-corrected chi connectivity index (χ4v) is 1.84. The third-order valence-electron chi connectivity index (χ3n) is 2.67. The normalized spacial score (nSPS) is 9.67. The molecular formula is C16H16N4O. The van der Waals surface area contributed by atoms with E-state index in [1.807, 2.05) is 26.0 Å². The van der Waals surface area contributed by atoms with Crippen LogP contribution in [0.15, 0.2) is 30.5 Å². The molecule has 2 heterocycles. The Morgan fingerprint density at radius 1 is 1.33 bits per heavy atom. The second-order valence-corrected chi connectivity index (χ2v) is 4.56. The highest BCUT2D eigenvalue weighted by Crippen LogP contribution is 2.10. The highest BCUT2D eigenvalue weighted by atomic mass is 16.1. The third kappa shape index (κ3) is 4.13. The van der Waals surface area contributed by atoms with E-state index < -0.39 is 0 Å². The summed E-state index contributed by atoms with van der Waals surface area (Å²) in [6.45, 7) is 4.12. The lowest BCUT2D eigenvalue weighted by molar-refractivity contribution is 0.102. The molecule has 0 aromatic carbocycles. The topological polar surface area (TPSA) is 80.9 Å². The Kier molecular flexibility index (Phi) is 4.64. The van der Waals surface area contributed by atoms with Crippen LogP contribution in [0.3, 0.4) is 0 Å². The maximum Gasteiger partial charge on any atom is 0.275 e. The number of aromatic nitrogens is 2. The van der Waals surface area contributed by atoms with Crippen molar-refractivity contribution in [2.45, 2.75) is 13.8 Å². The van der Waals surface area contributed by atoms with Gasteiger partial charge in [0.1, 0.15) is 11.5 Å². The van der Waals surface area contributed by atoms with Crippen molar-refractivity contribution in [3.05, 3.63) is 53.0 Å². The molecule has 5 nitrogen and oxygen atoms in total. The van der Waals surface area contributed by atoms with Gasteiger partial charge in [-0.15, -0.1) is 0 Å². The van der Waals surface area contributed by atoms with Gasteiger partial charge >= 0.3 is 0 Å². The number of carbonyl (C=O) groups is 1. The fourth-order valence-electron chi connectivity index (χ4n) is 1.84. The van der Waals surface area contributed by atoms with E-state index in [1.54, 1.807) is 18.3 Å². The van der Waals surface area contributed by atoms with Crippen molar-refractivity contribution in [3.8, 4) is 11.8 Å². The molecule has 0 aliphatic carbocycles. The van der Waals surface area contributed by atoms with Gasteiger partial charge in [-0.05, 0) is 43.7 Å². The molecular weight excluding hydrogens is 264 g/mol. The van der Waals surface area contributed by atoms with Crippen LogP contribution in [-0.4, -0.2) is 22.4 Å². The molecule has 0 fully saturated rings. The molecule has 0 spiro atoms. The number of anilines is 1. The van der Waals surface area contributed by atoms with Gasteiger partial charge in [0, 0.05) is 17.5 Å². The van der Waals surface area contributed by atoms with E-state index in [4.69, 9.17) is 5.73 Å². The number of nitrogens with two attached hydrogens (primary N) is 1. The van der Waals surface area contributed by atoms with E-state index in [-0.39, 0.29) is 5.91 Å². The average molecular weight is 280 g/mol. The summed E-state index contributed by atoms with van der Waals surface area (Å²) in [7, 11) is 0. The van der Waals surface area contributed by atoms with Crippen LogP contribution in [0.4, 0.5) is 5.82 Å². The molecule has 2 aromatic heterocycles. The fraction of sp³-hybridized carbons (Fsp3) is 0.188. The molecule has 5 heteroatoms. The molecule has 0 atom stereocenters. The quantitative estimate of drug-likeness (QED) is 0.820. The van der Waals surface area contributed by atoms with Gasteiger partial charge in [0.2, 0.25) is 0 Å². The molecule has 2 rings (SSSR count). The maximum absolute atomic E-state index is 12.1. The maximum atomic E-state index is 12.1. The van der Waals surface area contributed by atoms with Crippen molar-refractivity contribution in [2.75, 3.05) is 11.9 Å². The number of pyridine rings is 2. The lowest BCUT2D eigenvalue weighted by Gasteiger charge is -2.06. The van der Waals surface area contributed by atoms with E-state index >= 15 is 0 Å². The van der Waals surface area contributed by atoms with Crippen LogP contribution in [0, 0.1) is 25.7 Å². The minimum atomic E-state index is -0.300. The van der Waals surface area contributed by atoms with Crippen molar-refractivity contribution in [1.29, 1.82) is 0 Å². The number of aryl methyl sites for hydroxylation is 2. The van der Waals surface area contributed by atoms with Crippen LogP contribution in [-0.2, 0) is 0 Å². The van der Waals surface area contributed by atoms with Gasteiger partial charge in [0.25, 0.3) is 5.91 Å². The zero-order valence-electron chi connectivity index (χ0n) is 12.0. The molecule has 0 aliphatic heterocycles. The minimum Gasteiger partial charge on any atom is -0.320 e. The van der Waals surface area contributed by atoms with Gasteiger partial charge < -0.3 is 11.1 Å². The predicted octanol–water partition coefficient (Wildman–Crippen LogP) is 1.66. The van der Waals surface area contributed by atoms with Crippen LogP contribution in [0.1, 0.15) is 27.3 Å². The molecule has 2 aromatic rings. The summed E-state index contributed by atoms with van der Waals surface area (Å²) in [5.41, 5.74) is 8.23. The average Bonchev–Trinajstić information content (AvgIpc) is 2.44. The van der Waals surface area contributed by atoms with E-state index in [1.165, 1.54) is 0 Å². The molecule has 0 bridgehead atoms. The van der Waals surface area contributed by atoms with Crippen LogP contribution >= 0.6 is 0 Å². The highest BCUT2D eigenvalue weighted by Gasteiger charge is 2.08. The van der Waals surface area contributed by atoms with Crippen LogP contribution in [0.25, 0.3) is 0 Å². The Labute approximate surface area is 123 Å². The first-order valence-electron chi connectivity index (χ1n) is 6.50. The van der Waals surface area contributed by atoms with Gasteiger partial charge in [-0.1, -0.05) is 11.8 Å². The Morgan fingerprint density at radius 3 is 2.76 bits per heavy atom. The Morgan fingerprint density at radius 2 is 2.14 bits per heavy atom. The van der Waals surface area contributed by atoms with Gasteiger partial charge in [-0.3, -0.25) is 4.79 Å². The second kappa shape index (κ2) is 6.64. The summed E-state index contributed by atoms with van der Waals surface area (Å²) in [5.74, 6) is 5.81. The Bertz CT molecular complexity index is 691. The molecule has 0 saturated carbocycles. The molecule has 1 amide bonds. The first-order chi connectivity index (χ1) is 10.1. The summed E-state index contributed by atoms with van der Waals surface area (Å²) < 4.78 is 0. The lowest BCUT2D eigenvalue weighted by Crippen LogP contribution is -2.15. The summed E-state index contributed by atoms with van der Waals surface area (Å²) in [6, 6.07) is 7.11. The Balaban J connectivity index is 2.13. The molecule has 0 saturated heterocycles. The van der Waals surface area contributed by atoms with Gasteiger partial charge in [-0.2, -0.15) is 0 Å². The first kappa shape index (κ1) is 14.7. The number of carbonyl (C=O) groups excluding carboxylic acids is 1. The lowest BCUT2D eigenvalue weighted by atomic mass is 10.2. The molecule has 0 aliphatic rings. The number of nitrogens with one attached hydrogen (secondary N) is 1. The number of hydrogen-bond donors (Lipinski definition) is 2. The summed E-state index contributed by atoms with van der Waals surface area (Å²) >= 11 is 0. The summed E-state index contributed by atoms with van der Waals surface area (Å²) in [4.78, 5) is 20.4. The van der Waals surface area contributed by atoms with Gasteiger partial charge in [-0.25, -0.2) is 9.97 Å². The first-order valence-corrected chi connectivity index (χ1v) is 6.50. The molecule has 3 N–H and O–H groups in total. The van der Waals surface area contributed by atoms with E-state index in [0.29, 0.717) is 18.1 Å². The largest absolute Gasteiger partial charge is 0.320 e. The zero-order valence-corrected chi connectivity index (χ0v) is 12.0. The van der Waals surface area contributed by atoms with Crippen LogP contribution in [0.5, 0.6) is 0 Å². The number of amides is 1. The highest BCUT2D eigenvalue weighted by molar-refractivity contribution is 6.02. The molecule has 0 unspecified atom stereocenters. The number of nitrogens with zero attached hydrogens (tertiary/aromatic N) is 2. The molecule has 21 heavy (non-hydrogen) atoms. The Hall–Kier alpha value is -2.71. The third-order valence-corrected chi connectivity index (χ3v) is 2.67. The van der Waals surface area contributed by atoms with Gasteiger partial charge in [0.05, 0.1) is 6.54 Å². The predicted molar refractivity (Wildman–Crippen MR) is 81.8 cm³/mol. The van der Waals surface area contributed by atoms with Crippen molar-refractivity contribution in [1.82, 2.24) is 9.97 Å². The van der Waals surface area contributed by atoms with Gasteiger partial charge in [0.15, 0.2) is 0 Å². The number of hydrogen-bond acceptors (Lipinski definition) is 4. The smallest absolute Gasteiger partial charge is 0.275 e. The van der Waals surface area contributed by atoms with Crippen molar-refractivity contribution in [2.24, 2.45) is 5.73 Å². The molecule has 0 radical (unpaired) electrons.